The lowest BCUT2D eigenvalue weighted by Crippen LogP contribution is -2.53. The molecule has 150 valence electrons. The van der Waals surface area contributed by atoms with E-state index in [-0.39, 0.29) is 29.8 Å². The Hall–Kier alpha value is -1.99. The fraction of sp³-hybridized carbons (Fsp3) is 0.833. The zero-order valence-electron chi connectivity index (χ0n) is 16.7. The number of carbonyl (C=O) groups is 3. The summed E-state index contributed by atoms with van der Waals surface area (Å²) >= 11 is 0. The highest BCUT2D eigenvalue weighted by molar-refractivity contribution is 5.79. The third kappa shape index (κ3) is 7.09. The van der Waals surface area contributed by atoms with Gasteiger partial charge >= 0.3 is 12.2 Å². The number of piperidine rings is 1. The summed E-state index contributed by atoms with van der Waals surface area (Å²) < 4.78 is 5.12. The number of hydrogen-bond acceptors (Lipinski definition) is 4. The van der Waals surface area contributed by atoms with E-state index < -0.39 is 17.8 Å². The quantitative estimate of drug-likeness (QED) is 0.658. The number of alkyl carbamates (subject to hydrolysis) is 1. The fourth-order valence-electron chi connectivity index (χ4n) is 3.06. The van der Waals surface area contributed by atoms with Crippen molar-refractivity contribution in [3.05, 3.63) is 0 Å². The van der Waals surface area contributed by atoms with Crippen molar-refractivity contribution in [2.75, 3.05) is 19.6 Å². The summed E-state index contributed by atoms with van der Waals surface area (Å²) in [6, 6.07) is -0.204. The maximum atomic E-state index is 12.4. The van der Waals surface area contributed by atoms with E-state index in [1.165, 1.54) is 4.90 Å². The van der Waals surface area contributed by atoms with Crippen LogP contribution in [-0.4, -0.2) is 59.4 Å². The van der Waals surface area contributed by atoms with Gasteiger partial charge in [0.2, 0.25) is 5.91 Å². The van der Waals surface area contributed by atoms with Gasteiger partial charge in [0, 0.05) is 31.6 Å². The van der Waals surface area contributed by atoms with Crippen molar-refractivity contribution in [1.29, 1.82) is 0 Å². The Morgan fingerprint density at radius 2 is 1.65 bits per heavy atom. The summed E-state index contributed by atoms with van der Waals surface area (Å²) in [7, 11) is 0. The molecule has 0 aliphatic carbocycles. The van der Waals surface area contributed by atoms with Gasteiger partial charge in [0.15, 0.2) is 0 Å². The molecule has 1 heterocycles. The number of nitrogens with one attached hydrogen (secondary N) is 2. The molecule has 0 radical (unpaired) electrons. The second kappa shape index (κ2) is 8.60. The van der Waals surface area contributed by atoms with E-state index in [1.54, 1.807) is 20.8 Å². The first kappa shape index (κ1) is 22.1. The molecule has 1 saturated heterocycles. The van der Waals surface area contributed by atoms with Crippen LogP contribution in [0.1, 0.15) is 54.4 Å². The van der Waals surface area contributed by atoms with Crippen LogP contribution in [0, 0.1) is 11.3 Å². The van der Waals surface area contributed by atoms with Gasteiger partial charge in [0.05, 0.1) is 0 Å². The van der Waals surface area contributed by atoms with Crippen molar-refractivity contribution in [3.8, 4) is 0 Å². The molecule has 1 fully saturated rings. The average Bonchev–Trinajstić information content (AvgIpc) is 2.48. The summed E-state index contributed by atoms with van der Waals surface area (Å²) in [6.45, 7) is 12.2. The SMILES string of the molecule is CC(C)(C)OC(=O)NCCNC(=O)C1CCN(C(=O)O)C(C(C)(C)C)C1. The molecule has 8 heteroatoms. The van der Waals surface area contributed by atoms with Crippen LogP contribution in [0.25, 0.3) is 0 Å². The summed E-state index contributed by atoms with van der Waals surface area (Å²) in [5.74, 6) is -0.327. The van der Waals surface area contributed by atoms with E-state index in [4.69, 9.17) is 4.74 Å². The fourth-order valence-corrected chi connectivity index (χ4v) is 3.06. The molecular formula is C18H33N3O5. The molecule has 3 amide bonds. The second-order valence-electron chi connectivity index (χ2n) is 8.80. The molecule has 26 heavy (non-hydrogen) atoms. The highest BCUT2D eigenvalue weighted by Crippen LogP contribution is 2.34. The van der Waals surface area contributed by atoms with Gasteiger partial charge in [0.1, 0.15) is 5.60 Å². The van der Waals surface area contributed by atoms with Crippen LogP contribution in [0.2, 0.25) is 0 Å². The summed E-state index contributed by atoms with van der Waals surface area (Å²) in [6.07, 6.45) is -0.453. The van der Waals surface area contributed by atoms with Crippen LogP contribution < -0.4 is 10.6 Å². The van der Waals surface area contributed by atoms with E-state index in [0.717, 1.165) is 0 Å². The minimum absolute atomic E-state index is 0.102. The number of likely N-dealkylation sites (tertiary alicyclic amines) is 1. The first-order valence-corrected chi connectivity index (χ1v) is 9.05. The van der Waals surface area contributed by atoms with Crippen LogP contribution in [0.5, 0.6) is 0 Å². The third-order valence-electron chi connectivity index (χ3n) is 4.31. The minimum atomic E-state index is -0.939. The van der Waals surface area contributed by atoms with Crippen molar-refractivity contribution < 1.29 is 24.2 Å². The molecule has 2 atom stereocenters. The number of ether oxygens (including phenoxy) is 1. The largest absolute Gasteiger partial charge is 0.465 e. The topological polar surface area (TPSA) is 108 Å². The van der Waals surface area contributed by atoms with E-state index in [1.807, 2.05) is 20.8 Å². The van der Waals surface area contributed by atoms with E-state index in [2.05, 4.69) is 10.6 Å². The number of carbonyl (C=O) groups excluding carboxylic acids is 2. The molecule has 2 unspecified atom stereocenters. The molecule has 0 aromatic carbocycles. The normalized spacial score (nSPS) is 21.1. The number of amides is 3. The molecule has 0 aromatic rings. The van der Waals surface area contributed by atoms with E-state index in [9.17, 15) is 19.5 Å². The van der Waals surface area contributed by atoms with Crippen molar-refractivity contribution >= 4 is 18.1 Å². The van der Waals surface area contributed by atoms with Crippen LogP contribution in [0.15, 0.2) is 0 Å². The van der Waals surface area contributed by atoms with Crippen molar-refractivity contribution in [3.63, 3.8) is 0 Å². The first-order valence-electron chi connectivity index (χ1n) is 9.05. The predicted octanol–water partition coefficient (Wildman–Crippen LogP) is 2.43. The minimum Gasteiger partial charge on any atom is -0.465 e. The number of hydrogen-bond donors (Lipinski definition) is 3. The van der Waals surface area contributed by atoms with Gasteiger partial charge in [-0.1, -0.05) is 20.8 Å². The predicted molar refractivity (Wildman–Crippen MR) is 97.9 cm³/mol. The number of carboxylic acid groups (broad SMARTS) is 1. The van der Waals surface area contributed by atoms with Gasteiger partial charge in [-0.05, 0) is 39.0 Å². The number of rotatable bonds is 4. The molecular weight excluding hydrogens is 338 g/mol. The van der Waals surface area contributed by atoms with Crippen molar-refractivity contribution in [2.24, 2.45) is 11.3 Å². The Morgan fingerprint density at radius 1 is 1.08 bits per heavy atom. The molecule has 0 saturated carbocycles. The molecule has 3 N–H and O–H groups in total. The molecule has 1 rings (SSSR count). The van der Waals surface area contributed by atoms with Gasteiger partial charge in [-0.25, -0.2) is 9.59 Å². The molecule has 8 nitrogen and oxygen atoms in total. The third-order valence-corrected chi connectivity index (χ3v) is 4.31. The summed E-state index contributed by atoms with van der Waals surface area (Å²) in [4.78, 5) is 36.8. The Morgan fingerprint density at radius 3 is 2.15 bits per heavy atom. The zero-order valence-corrected chi connectivity index (χ0v) is 16.7. The van der Waals surface area contributed by atoms with E-state index in [0.29, 0.717) is 25.9 Å². The first-order chi connectivity index (χ1) is 11.8. The lowest BCUT2D eigenvalue weighted by atomic mass is 9.77. The number of nitrogens with zero attached hydrogens (tertiary/aromatic N) is 1. The van der Waals surface area contributed by atoms with Gasteiger partial charge in [-0.3, -0.25) is 4.79 Å². The lowest BCUT2D eigenvalue weighted by Gasteiger charge is -2.44. The maximum absolute atomic E-state index is 12.4. The highest BCUT2D eigenvalue weighted by Gasteiger charge is 2.40. The van der Waals surface area contributed by atoms with E-state index >= 15 is 0 Å². The Labute approximate surface area is 155 Å². The maximum Gasteiger partial charge on any atom is 0.407 e. The smallest absolute Gasteiger partial charge is 0.407 e. The molecule has 1 aliphatic heterocycles. The van der Waals surface area contributed by atoms with Crippen molar-refractivity contribution in [1.82, 2.24) is 15.5 Å². The Balaban J connectivity index is 2.46. The van der Waals surface area contributed by atoms with Gasteiger partial charge in [0.25, 0.3) is 0 Å². The van der Waals surface area contributed by atoms with Crippen LogP contribution in [-0.2, 0) is 9.53 Å². The molecule has 0 spiro atoms. The Kier molecular flexibility index (Phi) is 7.29. The summed E-state index contributed by atoms with van der Waals surface area (Å²) in [5, 5.41) is 14.8. The molecule has 0 aromatic heterocycles. The van der Waals surface area contributed by atoms with Crippen LogP contribution >= 0.6 is 0 Å². The van der Waals surface area contributed by atoms with Crippen molar-refractivity contribution in [2.45, 2.75) is 66.0 Å². The van der Waals surface area contributed by atoms with Crippen LogP contribution in [0.3, 0.4) is 0 Å². The second-order valence-corrected chi connectivity index (χ2v) is 8.80. The highest BCUT2D eigenvalue weighted by atomic mass is 16.6. The molecule has 0 bridgehead atoms. The standard InChI is InChI=1S/C18H33N3O5/c1-17(2,3)13-11-12(7-10-21(13)16(24)25)14(22)19-8-9-20-15(23)26-18(4,5)6/h12-13H,7-11H2,1-6H3,(H,19,22)(H,20,23)(H,24,25). The average molecular weight is 371 g/mol. The van der Waals surface area contributed by atoms with Gasteiger partial charge in [-0.15, -0.1) is 0 Å². The Bertz CT molecular complexity index is 522. The summed E-state index contributed by atoms with van der Waals surface area (Å²) in [5.41, 5.74) is -0.803. The van der Waals surface area contributed by atoms with Gasteiger partial charge in [-0.2, -0.15) is 0 Å². The zero-order chi connectivity index (χ0) is 20.1. The van der Waals surface area contributed by atoms with Gasteiger partial charge < -0.3 is 25.4 Å². The monoisotopic (exact) mass is 371 g/mol. The lowest BCUT2D eigenvalue weighted by molar-refractivity contribution is -0.127. The molecule has 1 aliphatic rings. The van der Waals surface area contributed by atoms with Crippen LogP contribution in [0.4, 0.5) is 9.59 Å².